The smallest absolute Gasteiger partial charge is 0.219 e. The topological polar surface area (TPSA) is 31.4 Å². The van der Waals surface area contributed by atoms with Crippen LogP contribution in [0.4, 0.5) is 0 Å². The van der Waals surface area contributed by atoms with Crippen molar-refractivity contribution in [1.82, 2.24) is 4.98 Å². The highest BCUT2D eigenvalue weighted by molar-refractivity contribution is 6.17. The van der Waals surface area contributed by atoms with Crippen LogP contribution in [0, 0.1) is 6.92 Å². The molecule has 0 spiro atoms. The zero-order valence-corrected chi connectivity index (χ0v) is 11.1. The number of aromatic nitrogens is 1. The van der Waals surface area contributed by atoms with Crippen LogP contribution in [-0.2, 0) is 5.88 Å². The predicted molar refractivity (Wildman–Crippen MR) is 71.6 cm³/mol. The molecular weight excluding hydrogens is 250 g/mol. The number of halogens is 1. The Hall–Kier alpha value is -1.74. The molecule has 0 aliphatic heterocycles. The van der Waals surface area contributed by atoms with E-state index in [4.69, 9.17) is 21.1 Å². The van der Waals surface area contributed by atoms with Gasteiger partial charge in [-0.3, -0.25) is 0 Å². The van der Waals surface area contributed by atoms with E-state index in [-0.39, 0.29) is 0 Å². The maximum Gasteiger partial charge on any atom is 0.219 e. The van der Waals surface area contributed by atoms with E-state index in [0.717, 1.165) is 22.8 Å². The number of aryl methyl sites for hydroxylation is 1. The number of alkyl halides is 1. The Morgan fingerprint density at radius 1 is 1.11 bits per heavy atom. The summed E-state index contributed by atoms with van der Waals surface area (Å²) < 4.78 is 10.8. The van der Waals surface area contributed by atoms with Crippen molar-refractivity contribution in [1.29, 1.82) is 0 Å². The zero-order valence-electron chi connectivity index (χ0n) is 10.3. The van der Waals surface area contributed by atoms with Crippen molar-refractivity contribution >= 4 is 11.6 Å². The van der Waals surface area contributed by atoms with Crippen LogP contribution in [0.5, 0.6) is 17.4 Å². The maximum atomic E-state index is 5.81. The second kappa shape index (κ2) is 5.74. The van der Waals surface area contributed by atoms with Gasteiger partial charge in [-0.05, 0) is 42.8 Å². The Morgan fingerprint density at radius 2 is 1.78 bits per heavy atom. The van der Waals surface area contributed by atoms with Gasteiger partial charge in [0.1, 0.15) is 11.5 Å². The molecule has 0 aliphatic rings. The monoisotopic (exact) mass is 263 g/mol. The van der Waals surface area contributed by atoms with Crippen molar-refractivity contribution < 1.29 is 9.47 Å². The molecule has 2 aromatic rings. The molecule has 0 fully saturated rings. The van der Waals surface area contributed by atoms with E-state index in [0.29, 0.717) is 11.8 Å². The zero-order chi connectivity index (χ0) is 13.0. The van der Waals surface area contributed by atoms with Crippen molar-refractivity contribution in [3.05, 3.63) is 47.7 Å². The molecule has 4 heteroatoms. The SMILES string of the molecule is COc1ccc(Oc2cc(CCl)cc(C)n2)cc1. The van der Waals surface area contributed by atoms with Crippen LogP contribution in [0.15, 0.2) is 36.4 Å². The van der Waals surface area contributed by atoms with E-state index < -0.39 is 0 Å². The summed E-state index contributed by atoms with van der Waals surface area (Å²) in [6, 6.07) is 11.1. The van der Waals surface area contributed by atoms with Gasteiger partial charge < -0.3 is 9.47 Å². The van der Waals surface area contributed by atoms with E-state index in [1.807, 2.05) is 43.3 Å². The Kier molecular flexibility index (Phi) is 4.05. The molecule has 0 radical (unpaired) electrons. The lowest BCUT2D eigenvalue weighted by molar-refractivity contribution is 0.412. The van der Waals surface area contributed by atoms with Gasteiger partial charge in [-0.15, -0.1) is 11.6 Å². The Labute approximate surface area is 111 Å². The fourth-order valence-corrected chi connectivity index (χ4v) is 1.76. The number of hydrogen-bond donors (Lipinski definition) is 0. The summed E-state index contributed by atoms with van der Waals surface area (Å²) >= 11 is 5.81. The summed E-state index contributed by atoms with van der Waals surface area (Å²) in [4.78, 5) is 4.31. The fourth-order valence-electron chi connectivity index (χ4n) is 1.60. The third-order valence-corrected chi connectivity index (χ3v) is 2.73. The molecule has 1 heterocycles. The molecule has 94 valence electrons. The van der Waals surface area contributed by atoms with Crippen molar-refractivity contribution in [2.45, 2.75) is 12.8 Å². The third kappa shape index (κ3) is 3.14. The summed E-state index contributed by atoms with van der Waals surface area (Å²) in [7, 11) is 1.63. The number of rotatable bonds is 4. The van der Waals surface area contributed by atoms with Crippen LogP contribution in [0.1, 0.15) is 11.3 Å². The lowest BCUT2D eigenvalue weighted by Gasteiger charge is -2.07. The number of nitrogens with zero attached hydrogens (tertiary/aromatic N) is 1. The average molecular weight is 264 g/mol. The Bertz CT molecular complexity index is 526. The molecule has 0 unspecified atom stereocenters. The van der Waals surface area contributed by atoms with Crippen molar-refractivity contribution in [2.24, 2.45) is 0 Å². The summed E-state index contributed by atoms with van der Waals surface area (Å²) in [6.45, 7) is 1.91. The van der Waals surface area contributed by atoms with Gasteiger partial charge in [0.25, 0.3) is 0 Å². The fraction of sp³-hybridized carbons (Fsp3) is 0.214. The number of pyridine rings is 1. The summed E-state index contributed by atoms with van der Waals surface area (Å²) in [6.07, 6.45) is 0. The van der Waals surface area contributed by atoms with Crippen molar-refractivity contribution in [3.8, 4) is 17.4 Å². The molecule has 0 saturated carbocycles. The van der Waals surface area contributed by atoms with E-state index in [2.05, 4.69) is 4.98 Å². The minimum Gasteiger partial charge on any atom is -0.497 e. The number of benzene rings is 1. The van der Waals surface area contributed by atoms with Crippen LogP contribution in [0.3, 0.4) is 0 Å². The lowest BCUT2D eigenvalue weighted by atomic mass is 10.2. The first-order valence-corrected chi connectivity index (χ1v) is 6.10. The quantitative estimate of drug-likeness (QED) is 0.783. The van der Waals surface area contributed by atoms with Gasteiger partial charge >= 0.3 is 0 Å². The average Bonchev–Trinajstić information content (AvgIpc) is 2.39. The van der Waals surface area contributed by atoms with Crippen LogP contribution in [-0.4, -0.2) is 12.1 Å². The number of methoxy groups -OCH3 is 1. The first-order valence-electron chi connectivity index (χ1n) is 5.56. The van der Waals surface area contributed by atoms with Gasteiger partial charge in [-0.2, -0.15) is 0 Å². The van der Waals surface area contributed by atoms with Crippen LogP contribution in [0.25, 0.3) is 0 Å². The standard InChI is InChI=1S/C14H14ClNO2/c1-10-7-11(9-15)8-14(16-10)18-13-5-3-12(17-2)4-6-13/h3-8H,9H2,1-2H3. The van der Waals surface area contributed by atoms with E-state index in [9.17, 15) is 0 Å². The van der Waals surface area contributed by atoms with Crippen LogP contribution < -0.4 is 9.47 Å². The molecule has 18 heavy (non-hydrogen) atoms. The van der Waals surface area contributed by atoms with E-state index in [1.54, 1.807) is 7.11 Å². The predicted octanol–water partition coefficient (Wildman–Crippen LogP) is 3.93. The van der Waals surface area contributed by atoms with Crippen LogP contribution >= 0.6 is 11.6 Å². The highest BCUT2D eigenvalue weighted by atomic mass is 35.5. The van der Waals surface area contributed by atoms with Gasteiger partial charge in [0.05, 0.1) is 7.11 Å². The number of hydrogen-bond acceptors (Lipinski definition) is 3. The molecule has 1 aromatic carbocycles. The highest BCUT2D eigenvalue weighted by Gasteiger charge is 2.02. The summed E-state index contributed by atoms with van der Waals surface area (Å²) in [5.41, 5.74) is 1.88. The normalized spacial score (nSPS) is 10.2. The largest absolute Gasteiger partial charge is 0.497 e. The van der Waals surface area contributed by atoms with Gasteiger partial charge in [0.15, 0.2) is 0 Å². The third-order valence-electron chi connectivity index (χ3n) is 2.43. The molecule has 3 nitrogen and oxygen atoms in total. The van der Waals surface area contributed by atoms with E-state index >= 15 is 0 Å². The van der Waals surface area contributed by atoms with Gasteiger partial charge in [-0.25, -0.2) is 4.98 Å². The summed E-state index contributed by atoms with van der Waals surface area (Å²) in [5, 5.41) is 0. The van der Waals surface area contributed by atoms with Gasteiger partial charge in [0.2, 0.25) is 5.88 Å². The molecule has 0 atom stereocenters. The number of ether oxygens (including phenoxy) is 2. The molecular formula is C14H14ClNO2. The van der Waals surface area contributed by atoms with Crippen molar-refractivity contribution in [3.63, 3.8) is 0 Å². The molecule has 0 aliphatic carbocycles. The van der Waals surface area contributed by atoms with E-state index in [1.165, 1.54) is 0 Å². The summed E-state index contributed by atoms with van der Waals surface area (Å²) in [5.74, 6) is 2.51. The minimum atomic E-state index is 0.447. The Balaban J connectivity index is 2.19. The van der Waals surface area contributed by atoms with Gasteiger partial charge in [0, 0.05) is 17.6 Å². The minimum absolute atomic E-state index is 0.447. The molecule has 0 saturated heterocycles. The second-order valence-electron chi connectivity index (χ2n) is 3.87. The Morgan fingerprint density at radius 3 is 2.39 bits per heavy atom. The molecule has 2 rings (SSSR count). The second-order valence-corrected chi connectivity index (χ2v) is 4.13. The first-order chi connectivity index (χ1) is 8.71. The highest BCUT2D eigenvalue weighted by Crippen LogP contribution is 2.23. The maximum absolute atomic E-state index is 5.81. The molecule has 0 amide bonds. The molecule has 1 aromatic heterocycles. The molecule has 0 N–H and O–H groups in total. The lowest BCUT2D eigenvalue weighted by Crippen LogP contribution is -1.92. The first kappa shape index (κ1) is 12.7. The molecule has 0 bridgehead atoms. The van der Waals surface area contributed by atoms with Crippen molar-refractivity contribution in [2.75, 3.05) is 7.11 Å². The van der Waals surface area contributed by atoms with Gasteiger partial charge in [-0.1, -0.05) is 0 Å². The van der Waals surface area contributed by atoms with Crippen LogP contribution in [0.2, 0.25) is 0 Å².